The molecule has 0 bridgehead atoms. The molecule has 1 amide bonds. The SMILES string of the molecule is CC[C@@H](NC(=O)Cc1cccnc1)c1ccncc1. The minimum atomic E-state index is 0.0108. The molecule has 2 aromatic heterocycles. The number of amides is 1. The lowest BCUT2D eigenvalue weighted by atomic mass is 10.1. The summed E-state index contributed by atoms with van der Waals surface area (Å²) in [5.74, 6) is 0.0108. The largest absolute Gasteiger partial charge is 0.349 e. The summed E-state index contributed by atoms with van der Waals surface area (Å²) in [4.78, 5) is 20.0. The minimum Gasteiger partial charge on any atom is -0.349 e. The zero-order valence-electron chi connectivity index (χ0n) is 10.9. The van der Waals surface area contributed by atoms with Crippen molar-refractivity contribution in [2.75, 3.05) is 0 Å². The monoisotopic (exact) mass is 255 g/mol. The predicted octanol–water partition coefficient (Wildman–Crippen LogP) is 2.29. The van der Waals surface area contributed by atoms with Crippen LogP contribution in [0.15, 0.2) is 49.1 Å². The van der Waals surface area contributed by atoms with E-state index in [-0.39, 0.29) is 11.9 Å². The molecular formula is C15H17N3O. The fraction of sp³-hybridized carbons (Fsp3) is 0.267. The maximum atomic E-state index is 12.0. The molecule has 2 rings (SSSR count). The van der Waals surface area contributed by atoms with Crippen LogP contribution in [0.4, 0.5) is 0 Å². The average molecular weight is 255 g/mol. The van der Waals surface area contributed by atoms with Crippen molar-refractivity contribution in [2.45, 2.75) is 25.8 Å². The summed E-state index contributed by atoms with van der Waals surface area (Å²) in [6.45, 7) is 2.05. The van der Waals surface area contributed by atoms with E-state index in [4.69, 9.17) is 0 Å². The van der Waals surface area contributed by atoms with E-state index < -0.39 is 0 Å². The normalized spacial score (nSPS) is 11.8. The molecule has 4 heteroatoms. The highest BCUT2D eigenvalue weighted by molar-refractivity contribution is 5.78. The molecule has 0 aliphatic rings. The number of hydrogen-bond donors (Lipinski definition) is 1. The Bertz CT molecular complexity index is 513. The second kappa shape index (κ2) is 6.64. The Morgan fingerprint density at radius 1 is 1.21 bits per heavy atom. The van der Waals surface area contributed by atoms with Gasteiger partial charge in [0.25, 0.3) is 0 Å². The highest BCUT2D eigenvalue weighted by atomic mass is 16.1. The third kappa shape index (κ3) is 3.88. The molecule has 2 aromatic rings. The molecule has 2 heterocycles. The minimum absolute atomic E-state index is 0.0108. The van der Waals surface area contributed by atoms with Gasteiger partial charge >= 0.3 is 0 Å². The summed E-state index contributed by atoms with van der Waals surface area (Å²) in [7, 11) is 0. The number of aromatic nitrogens is 2. The molecule has 4 nitrogen and oxygen atoms in total. The van der Waals surface area contributed by atoms with E-state index in [0.29, 0.717) is 6.42 Å². The Balaban J connectivity index is 1.97. The summed E-state index contributed by atoms with van der Waals surface area (Å²) in [6.07, 6.45) is 8.11. The van der Waals surface area contributed by atoms with Crippen molar-refractivity contribution >= 4 is 5.91 Å². The van der Waals surface area contributed by atoms with Crippen LogP contribution in [0.1, 0.15) is 30.5 Å². The van der Waals surface area contributed by atoms with Gasteiger partial charge in [-0.3, -0.25) is 14.8 Å². The summed E-state index contributed by atoms with van der Waals surface area (Å²) >= 11 is 0. The summed E-state index contributed by atoms with van der Waals surface area (Å²) in [6, 6.07) is 7.63. The molecule has 0 aliphatic carbocycles. The lowest BCUT2D eigenvalue weighted by Crippen LogP contribution is -2.29. The second-order valence-electron chi connectivity index (χ2n) is 4.35. The van der Waals surface area contributed by atoms with E-state index in [1.807, 2.05) is 24.3 Å². The van der Waals surface area contributed by atoms with E-state index in [9.17, 15) is 4.79 Å². The van der Waals surface area contributed by atoms with Crippen molar-refractivity contribution in [1.82, 2.24) is 15.3 Å². The zero-order valence-corrected chi connectivity index (χ0v) is 10.9. The fourth-order valence-corrected chi connectivity index (χ4v) is 1.95. The van der Waals surface area contributed by atoms with Gasteiger partial charge in [0.2, 0.25) is 5.91 Å². The molecule has 0 aliphatic heterocycles. The standard InChI is InChI=1S/C15H17N3O/c1-2-14(13-5-8-16-9-6-13)18-15(19)10-12-4-3-7-17-11-12/h3-9,11,14H,2,10H2,1H3,(H,18,19)/t14-/m1/s1. The highest BCUT2D eigenvalue weighted by Crippen LogP contribution is 2.15. The van der Waals surface area contributed by atoms with E-state index in [1.54, 1.807) is 24.8 Å². The van der Waals surface area contributed by atoms with Crippen molar-refractivity contribution in [3.8, 4) is 0 Å². The topological polar surface area (TPSA) is 54.9 Å². The van der Waals surface area contributed by atoms with Crippen molar-refractivity contribution in [3.63, 3.8) is 0 Å². The number of nitrogens with zero attached hydrogens (tertiary/aromatic N) is 2. The highest BCUT2D eigenvalue weighted by Gasteiger charge is 2.12. The van der Waals surface area contributed by atoms with Crippen LogP contribution >= 0.6 is 0 Å². The van der Waals surface area contributed by atoms with E-state index in [0.717, 1.165) is 17.5 Å². The first-order valence-electron chi connectivity index (χ1n) is 6.37. The van der Waals surface area contributed by atoms with Crippen LogP contribution in [0.2, 0.25) is 0 Å². The van der Waals surface area contributed by atoms with Gasteiger partial charge in [0.15, 0.2) is 0 Å². The molecule has 0 unspecified atom stereocenters. The maximum absolute atomic E-state index is 12.0. The number of carbonyl (C=O) groups is 1. The first kappa shape index (κ1) is 13.2. The summed E-state index contributed by atoms with van der Waals surface area (Å²) in [5.41, 5.74) is 2.00. The average Bonchev–Trinajstić information content (AvgIpc) is 2.47. The smallest absolute Gasteiger partial charge is 0.224 e. The Kier molecular flexibility index (Phi) is 4.61. The fourth-order valence-electron chi connectivity index (χ4n) is 1.95. The van der Waals surface area contributed by atoms with Gasteiger partial charge < -0.3 is 5.32 Å². The van der Waals surface area contributed by atoms with Crippen LogP contribution in [0.5, 0.6) is 0 Å². The number of nitrogens with one attached hydrogen (secondary N) is 1. The quantitative estimate of drug-likeness (QED) is 0.891. The molecule has 0 fully saturated rings. The van der Waals surface area contributed by atoms with Gasteiger partial charge in [-0.1, -0.05) is 13.0 Å². The molecule has 98 valence electrons. The molecule has 1 atom stereocenters. The van der Waals surface area contributed by atoms with Crippen molar-refractivity contribution in [1.29, 1.82) is 0 Å². The Labute approximate surface area is 112 Å². The van der Waals surface area contributed by atoms with Crippen LogP contribution in [0, 0.1) is 0 Å². The first-order valence-corrected chi connectivity index (χ1v) is 6.37. The first-order chi connectivity index (χ1) is 9.29. The number of pyridine rings is 2. The number of rotatable bonds is 5. The Hall–Kier alpha value is -2.23. The molecule has 0 aromatic carbocycles. The van der Waals surface area contributed by atoms with Crippen molar-refractivity contribution in [2.24, 2.45) is 0 Å². The van der Waals surface area contributed by atoms with Gasteiger partial charge in [-0.15, -0.1) is 0 Å². The van der Waals surface area contributed by atoms with E-state index >= 15 is 0 Å². The number of carbonyl (C=O) groups excluding carboxylic acids is 1. The Morgan fingerprint density at radius 2 is 2.00 bits per heavy atom. The van der Waals surface area contributed by atoms with Gasteiger partial charge in [0, 0.05) is 24.8 Å². The Morgan fingerprint density at radius 3 is 2.63 bits per heavy atom. The van der Waals surface area contributed by atoms with Crippen LogP contribution < -0.4 is 5.32 Å². The molecule has 0 radical (unpaired) electrons. The van der Waals surface area contributed by atoms with Gasteiger partial charge in [-0.25, -0.2) is 0 Å². The van der Waals surface area contributed by atoms with Gasteiger partial charge in [-0.2, -0.15) is 0 Å². The summed E-state index contributed by atoms with van der Waals surface area (Å²) < 4.78 is 0. The van der Waals surface area contributed by atoms with E-state index in [1.165, 1.54) is 0 Å². The molecule has 0 saturated heterocycles. The van der Waals surface area contributed by atoms with Crippen LogP contribution in [-0.4, -0.2) is 15.9 Å². The molecular weight excluding hydrogens is 238 g/mol. The van der Waals surface area contributed by atoms with Crippen molar-refractivity contribution < 1.29 is 4.79 Å². The lowest BCUT2D eigenvalue weighted by molar-refractivity contribution is -0.121. The molecule has 0 saturated carbocycles. The van der Waals surface area contributed by atoms with Crippen molar-refractivity contribution in [3.05, 3.63) is 60.2 Å². The third-order valence-corrected chi connectivity index (χ3v) is 2.94. The van der Waals surface area contributed by atoms with Gasteiger partial charge in [0.1, 0.15) is 0 Å². The maximum Gasteiger partial charge on any atom is 0.224 e. The lowest BCUT2D eigenvalue weighted by Gasteiger charge is -2.17. The molecule has 1 N–H and O–H groups in total. The van der Waals surface area contributed by atoms with E-state index in [2.05, 4.69) is 22.2 Å². The molecule has 0 spiro atoms. The van der Waals surface area contributed by atoms with Gasteiger partial charge in [0.05, 0.1) is 12.5 Å². The zero-order chi connectivity index (χ0) is 13.5. The van der Waals surface area contributed by atoms with Crippen LogP contribution in [0.3, 0.4) is 0 Å². The summed E-state index contributed by atoms with van der Waals surface area (Å²) in [5, 5.41) is 3.04. The third-order valence-electron chi connectivity index (χ3n) is 2.94. The second-order valence-corrected chi connectivity index (χ2v) is 4.35. The van der Waals surface area contributed by atoms with Crippen LogP contribution in [0.25, 0.3) is 0 Å². The number of hydrogen-bond acceptors (Lipinski definition) is 3. The molecule has 19 heavy (non-hydrogen) atoms. The van der Waals surface area contributed by atoms with Crippen LogP contribution in [-0.2, 0) is 11.2 Å². The predicted molar refractivity (Wildman–Crippen MR) is 73.4 cm³/mol. The van der Waals surface area contributed by atoms with Gasteiger partial charge in [-0.05, 0) is 35.7 Å².